The highest BCUT2D eigenvalue weighted by Crippen LogP contribution is 2.19. The highest BCUT2D eigenvalue weighted by atomic mass is 127. The molecule has 0 atom stereocenters. The van der Waals surface area contributed by atoms with Crippen molar-refractivity contribution in [1.82, 2.24) is 30.4 Å². The maximum absolute atomic E-state index is 4.41. The lowest BCUT2D eigenvalue weighted by molar-refractivity contribution is 0.0982. The molecule has 0 radical (unpaired) electrons. The second kappa shape index (κ2) is 13.4. The smallest absolute Gasteiger partial charge is 0.225 e. The molecule has 8 nitrogen and oxygen atoms in total. The summed E-state index contributed by atoms with van der Waals surface area (Å²) in [6.07, 6.45) is 8.76. The van der Waals surface area contributed by atoms with Crippen LogP contribution in [0.4, 0.5) is 5.95 Å². The van der Waals surface area contributed by atoms with Gasteiger partial charge in [0.25, 0.3) is 0 Å². The highest BCUT2D eigenvalue weighted by Gasteiger charge is 2.27. The molecule has 31 heavy (non-hydrogen) atoms. The first-order valence-corrected chi connectivity index (χ1v) is 11.5. The van der Waals surface area contributed by atoms with Gasteiger partial charge in [-0.2, -0.15) is 0 Å². The average Bonchev–Trinajstić information content (AvgIpc) is 2.80. The van der Waals surface area contributed by atoms with E-state index in [1.165, 1.54) is 32.4 Å². The lowest BCUT2D eigenvalue weighted by Crippen LogP contribution is -2.55. The third-order valence-electron chi connectivity index (χ3n) is 6.28. The molecule has 1 aromatic rings. The van der Waals surface area contributed by atoms with E-state index in [1.807, 2.05) is 25.5 Å². The van der Waals surface area contributed by atoms with Crippen molar-refractivity contribution in [3.05, 3.63) is 18.5 Å². The Morgan fingerprint density at radius 2 is 1.68 bits per heavy atom. The van der Waals surface area contributed by atoms with E-state index >= 15 is 0 Å². The molecule has 0 saturated carbocycles. The fourth-order valence-electron chi connectivity index (χ4n) is 4.27. The molecule has 9 heteroatoms. The zero-order chi connectivity index (χ0) is 21.2. The first kappa shape index (κ1) is 26.1. The Morgan fingerprint density at radius 3 is 2.32 bits per heavy atom. The SMILES string of the molecule is CN=C(NCCCN1CCN(c2ncccn2)CC1)NCC(C)(C)N1CCCCC1.I. The summed E-state index contributed by atoms with van der Waals surface area (Å²) >= 11 is 0. The number of nitrogens with zero attached hydrogens (tertiary/aromatic N) is 6. The number of anilines is 1. The van der Waals surface area contributed by atoms with Crippen LogP contribution in [0, 0.1) is 0 Å². The molecular formula is C22H41IN8. The molecule has 0 bridgehead atoms. The van der Waals surface area contributed by atoms with Gasteiger partial charge >= 0.3 is 0 Å². The summed E-state index contributed by atoms with van der Waals surface area (Å²) in [6.45, 7) is 14.2. The standard InChI is InChI=1S/C22H40N8.HI/c1-22(2,30-13-5-4-6-14-30)19-27-20(23-3)24-11-8-12-28-15-17-29(18-16-28)21-25-9-7-10-26-21;/h7,9-10H,4-6,8,11-19H2,1-3H3,(H2,23,24,27);1H. The summed E-state index contributed by atoms with van der Waals surface area (Å²) in [7, 11) is 1.86. The van der Waals surface area contributed by atoms with E-state index in [2.05, 4.69) is 54.1 Å². The molecule has 0 spiro atoms. The molecule has 2 N–H and O–H groups in total. The van der Waals surface area contributed by atoms with Crippen LogP contribution in [0.15, 0.2) is 23.5 Å². The topological polar surface area (TPSA) is 71.9 Å². The van der Waals surface area contributed by atoms with Crippen molar-refractivity contribution in [2.75, 3.05) is 70.9 Å². The van der Waals surface area contributed by atoms with E-state index in [0.29, 0.717) is 0 Å². The van der Waals surface area contributed by atoms with Crippen molar-refractivity contribution in [3.8, 4) is 0 Å². The van der Waals surface area contributed by atoms with Crippen LogP contribution in [-0.4, -0.2) is 97.2 Å². The number of nitrogens with one attached hydrogen (secondary N) is 2. The minimum Gasteiger partial charge on any atom is -0.356 e. The number of guanidine groups is 1. The second-order valence-corrected chi connectivity index (χ2v) is 8.94. The van der Waals surface area contributed by atoms with Crippen LogP contribution in [0.5, 0.6) is 0 Å². The molecule has 2 aliphatic rings. The first-order chi connectivity index (χ1) is 14.6. The van der Waals surface area contributed by atoms with Gasteiger partial charge in [0.05, 0.1) is 0 Å². The van der Waals surface area contributed by atoms with Crippen molar-refractivity contribution < 1.29 is 0 Å². The van der Waals surface area contributed by atoms with Crippen molar-refractivity contribution >= 4 is 35.9 Å². The summed E-state index contributed by atoms with van der Waals surface area (Å²) in [5.41, 5.74) is 0.153. The fraction of sp³-hybridized carbons (Fsp3) is 0.773. The number of hydrogen-bond donors (Lipinski definition) is 2. The van der Waals surface area contributed by atoms with Crippen LogP contribution in [0.25, 0.3) is 0 Å². The summed E-state index contributed by atoms with van der Waals surface area (Å²) in [5.74, 6) is 1.76. The van der Waals surface area contributed by atoms with Crippen LogP contribution >= 0.6 is 24.0 Å². The van der Waals surface area contributed by atoms with Crippen molar-refractivity contribution in [3.63, 3.8) is 0 Å². The Bertz CT molecular complexity index is 640. The van der Waals surface area contributed by atoms with Crippen LogP contribution in [0.2, 0.25) is 0 Å². The molecule has 176 valence electrons. The maximum atomic E-state index is 4.41. The summed E-state index contributed by atoms with van der Waals surface area (Å²) in [5, 5.41) is 7.01. The lowest BCUT2D eigenvalue weighted by Gasteiger charge is -2.41. The zero-order valence-electron chi connectivity index (χ0n) is 19.5. The van der Waals surface area contributed by atoms with Gasteiger partial charge in [-0.25, -0.2) is 9.97 Å². The number of halogens is 1. The lowest BCUT2D eigenvalue weighted by atomic mass is 9.98. The number of hydrogen-bond acceptors (Lipinski definition) is 6. The van der Waals surface area contributed by atoms with Crippen LogP contribution in [0.1, 0.15) is 39.5 Å². The van der Waals surface area contributed by atoms with Crippen molar-refractivity contribution in [2.24, 2.45) is 4.99 Å². The summed E-state index contributed by atoms with van der Waals surface area (Å²) in [4.78, 5) is 20.5. The Hall–Kier alpha value is -1.20. The number of piperazine rings is 1. The van der Waals surface area contributed by atoms with Gasteiger partial charge in [0.2, 0.25) is 5.95 Å². The molecule has 2 fully saturated rings. The third kappa shape index (κ3) is 8.34. The van der Waals surface area contributed by atoms with E-state index in [-0.39, 0.29) is 29.5 Å². The first-order valence-electron chi connectivity index (χ1n) is 11.5. The predicted octanol–water partition coefficient (Wildman–Crippen LogP) is 2.04. The molecule has 3 heterocycles. The number of rotatable bonds is 8. The highest BCUT2D eigenvalue weighted by molar-refractivity contribution is 14.0. The van der Waals surface area contributed by atoms with Crippen LogP contribution in [0.3, 0.4) is 0 Å². The Kier molecular flexibility index (Phi) is 11.2. The monoisotopic (exact) mass is 544 g/mol. The van der Waals surface area contributed by atoms with Crippen LogP contribution < -0.4 is 15.5 Å². The van der Waals surface area contributed by atoms with Gasteiger partial charge in [0.1, 0.15) is 0 Å². The Balaban J connectivity index is 0.00000341. The van der Waals surface area contributed by atoms with E-state index in [0.717, 1.165) is 64.1 Å². The van der Waals surface area contributed by atoms with Gasteiger partial charge in [-0.3, -0.25) is 14.8 Å². The van der Waals surface area contributed by atoms with Gasteiger partial charge < -0.3 is 15.5 Å². The molecule has 2 aliphatic heterocycles. The van der Waals surface area contributed by atoms with E-state index in [4.69, 9.17) is 0 Å². The minimum absolute atomic E-state index is 0. The Morgan fingerprint density at radius 1 is 1.00 bits per heavy atom. The minimum atomic E-state index is 0. The normalized spacial score (nSPS) is 19.1. The van der Waals surface area contributed by atoms with Gasteiger partial charge in [0.15, 0.2) is 5.96 Å². The predicted molar refractivity (Wildman–Crippen MR) is 140 cm³/mol. The van der Waals surface area contributed by atoms with Gasteiger partial charge in [0, 0.05) is 64.2 Å². The summed E-state index contributed by atoms with van der Waals surface area (Å²) < 4.78 is 0. The van der Waals surface area contributed by atoms with Crippen molar-refractivity contribution in [2.45, 2.75) is 45.1 Å². The average molecular weight is 545 g/mol. The summed E-state index contributed by atoms with van der Waals surface area (Å²) in [6, 6.07) is 1.87. The quantitative estimate of drug-likeness (QED) is 0.225. The molecule has 2 saturated heterocycles. The molecule has 3 rings (SSSR count). The molecule has 0 aliphatic carbocycles. The number of aromatic nitrogens is 2. The molecule has 1 aromatic heterocycles. The van der Waals surface area contributed by atoms with Gasteiger partial charge in [-0.15, -0.1) is 24.0 Å². The van der Waals surface area contributed by atoms with E-state index in [1.54, 1.807) is 0 Å². The van der Waals surface area contributed by atoms with Gasteiger partial charge in [-0.05, 0) is 58.8 Å². The molecule has 0 unspecified atom stereocenters. The molecule has 0 aromatic carbocycles. The van der Waals surface area contributed by atoms with Crippen LogP contribution in [-0.2, 0) is 0 Å². The number of aliphatic imine (C=N–C) groups is 1. The fourth-order valence-corrected chi connectivity index (χ4v) is 4.27. The van der Waals surface area contributed by atoms with E-state index < -0.39 is 0 Å². The largest absolute Gasteiger partial charge is 0.356 e. The van der Waals surface area contributed by atoms with Gasteiger partial charge in [-0.1, -0.05) is 6.42 Å². The maximum Gasteiger partial charge on any atom is 0.225 e. The second-order valence-electron chi connectivity index (χ2n) is 8.94. The molecule has 0 amide bonds. The van der Waals surface area contributed by atoms with Crippen molar-refractivity contribution in [1.29, 1.82) is 0 Å². The third-order valence-corrected chi connectivity index (χ3v) is 6.28. The van der Waals surface area contributed by atoms with E-state index in [9.17, 15) is 0 Å². The Labute approximate surface area is 205 Å². The molecular weight excluding hydrogens is 503 g/mol. The number of piperidine rings is 1. The zero-order valence-corrected chi connectivity index (χ0v) is 21.8. The number of likely N-dealkylation sites (tertiary alicyclic amines) is 1.